The van der Waals surface area contributed by atoms with Crippen LogP contribution in [0.1, 0.15) is 114 Å². The highest BCUT2D eigenvalue weighted by molar-refractivity contribution is 5.93. The molecule has 0 spiro atoms. The molecule has 4 amide bonds. The van der Waals surface area contributed by atoms with E-state index in [-0.39, 0.29) is 35.7 Å². The lowest BCUT2D eigenvalue weighted by molar-refractivity contribution is -0.136. The number of H-pyrrole nitrogens is 2. The first-order valence-electron chi connectivity index (χ1n) is 24.6. The van der Waals surface area contributed by atoms with Crippen LogP contribution in [0.25, 0.3) is 44.7 Å². The van der Waals surface area contributed by atoms with Gasteiger partial charge in [0, 0.05) is 35.2 Å². The average Bonchev–Trinajstić information content (AvgIpc) is 4.23. The number of alkyl carbamates (subject to hydrolysis) is 2. The molecule has 0 saturated carbocycles. The molecular formula is C53H60FN9O8. The van der Waals surface area contributed by atoms with Gasteiger partial charge in [0.1, 0.15) is 41.0 Å². The van der Waals surface area contributed by atoms with Crippen molar-refractivity contribution in [2.45, 2.75) is 103 Å². The number of rotatable bonds is 11. The number of hydrogen-bond donors (Lipinski definition) is 4. The number of imidazole rings is 2. The number of methoxy groups -OCH3 is 2. The van der Waals surface area contributed by atoms with Crippen LogP contribution in [0.2, 0.25) is 0 Å². The number of nitrogens with zero attached hydrogens (tertiary/aromatic N) is 5. The second-order valence-corrected chi connectivity index (χ2v) is 19.8. The van der Waals surface area contributed by atoms with Gasteiger partial charge in [0.05, 0.1) is 73.5 Å². The molecule has 18 heteroatoms. The van der Waals surface area contributed by atoms with Crippen LogP contribution in [0.5, 0.6) is 11.5 Å². The van der Waals surface area contributed by atoms with Crippen LogP contribution >= 0.6 is 0 Å². The van der Waals surface area contributed by atoms with Crippen molar-refractivity contribution in [3.05, 3.63) is 95.6 Å². The topological polar surface area (TPSA) is 198 Å². The summed E-state index contributed by atoms with van der Waals surface area (Å²) in [6, 6.07) is 15.3. The van der Waals surface area contributed by atoms with Crippen molar-refractivity contribution in [3.8, 4) is 45.3 Å². The number of carbonyl (C=O) groups is 4. The van der Waals surface area contributed by atoms with Crippen molar-refractivity contribution >= 4 is 34.9 Å². The molecule has 0 radical (unpaired) electrons. The summed E-state index contributed by atoms with van der Waals surface area (Å²) in [7, 11) is 2.54. The second-order valence-electron chi connectivity index (χ2n) is 19.8. The molecule has 4 unspecified atom stereocenters. The van der Waals surface area contributed by atoms with E-state index in [0.29, 0.717) is 78.4 Å². The normalized spacial score (nSPS) is 20.2. The molecule has 4 N–H and O–H groups in total. The predicted molar refractivity (Wildman–Crippen MR) is 262 cm³/mol. The Kier molecular flexibility index (Phi) is 12.7. The van der Waals surface area contributed by atoms with Gasteiger partial charge in [-0.1, -0.05) is 52.8 Å². The lowest BCUT2D eigenvalue weighted by Gasteiger charge is -2.32. The van der Waals surface area contributed by atoms with Crippen LogP contribution in [0.4, 0.5) is 14.0 Å². The number of halogens is 1. The summed E-state index contributed by atoms with van der Waals surface area (Å²) in [5, 5.41) is 6.25. The minimum atomic E-state index is -0.780. The molecule has 4 aliphatic heterocycles. The van der Waals surface area contributed by atoms with E-state index in [0.717, 1.165) is 58.3 Å². The van der Waals surface area contributed by atoms with Crippen LogP contribution in [-0.4, -0.2) is 104 Å². The maximum atomic E-state index is 17.0. The third-order valence-corrected chi connectivity index (χ3v) is 14.6. The van der Waals surface area contributed by atoms with Crippen molar-refractivity contribution in [1.82, 2.24) is 44.9 Å². The lowest BCUT2D eigenvalue weighted by atomic mass is 9.93. The number of nitrogens with one attached hydrogen (secondary N) is 4. The maximum Gasteiger partial charge on any atom is 0.407 e. The number of amides is 4. The maximum absolute atomic E-state index is 17.0. The fourth-order valence-corrected chi connectivity index (χ4v) is 10.7. The van der Waals surface area contributed by atoms with E-state index in [4.69, 9.17) is 28.9 Å². The Balaban J connectivity index is 0.987. The van der Waals surface area contributed by atoms with Crippen LogP contribution in [0.3, 0.4) is 0 Å². The highest BCUT2D eigenvalue weighted by Gasteiger charge is 2.40. The van der Waals surface area contributed by atoms with Gasteiger partial charge in [-0.3, -0.25) is 9.59 Å². The Hall–Kier alpha value is -7.37. The molecule has 0 aliphatic carbocycles. The van der Waals surface area contributed by atoms with E-state index in [9.17, 15) is 19.2 Å². The van der Waals surface area contributed by atoms with Crippen LogP contribution in [0, 0.1) is 17.7 Å². The lowest BCUT2D eigenvalue weighted by Crippen LogP contribution is -2.51. The summed E-state index contributed by atoms with van der Waals surface area (Å²) < 4.78 is 41.8. The minimum Gasteiger partial charge on any atom is -0.493 e. The van der Waals surface area contributed by atoms with E-state index in [2.05, 4.69) is 39.7 Å². The van der Waals surface area contributed by atoms with E-state index in [1.807, 2.05) is 68.7 Å². The van der Waals surface area contributed by atoms with Gasteiger partial charge < -0.3 is 53.9 Å². The molecule has 2 fully saturated rings. The largest absolute Gasteiger partial charge is 0.493 e. The highest BCUT2D eigenvalue weighted by Crippen LogP contribution is 2.48. The van der Waals surface area contributed by atoms with Gasteiger partial charge in [-0.05, 0) is 91.8 Å². The number of aromatic nitrogens is 5. The first-order valence-corrected chi connectivity index (χ1v) is 24.6. The van der Waals surface area contributed by atoms with Crippen LogP contribution < -0.4 is 20.1 Å². The Morgan fingerprint density at radius 1 is 0.746 bits per heavy atom. The molecule has 0 bridgehead atoms. The van der Waals surface area contributed by atoms with Crippen molar-refractivity contribution in [2.75, 3.05) is 33.9 Å². The summed E-state index contributed by atoms with van der Waals surface area (Å²) in [5.74, 6) is 1.47. The van der Waals surface area contributed by atoms with Gasteiger partial charge >= 0.3 is 12.2 Å². The molecule has 6 atom stereocenters. The quantitative estimate of drug-likeness (QED) is 0.0972. The first kappa shape index (κ1) is 47.3. The van der Waals surface area contributed by atoms with Gasteiger partial charge in [-0.25, -0.2) is 23.9 Å². The monoisotopic (exact) mass is 969 g/mol. The van der Waals surface area contributed by atoms with Gasteiger partial charge in [0.2, 0.25) is 18.0 Å². The summed E-state index contributed by atoms with van der Waals surface area (Å²) in [6.45, 7) is 11.3. The second kappa shape index (κ2) is 19.1. The summed E-state index contributed by atoms with van der Waals surface area (Å²) in [4.78, 5) is 71.9. The SMILES string of the molecule is COC(=O)NC(C(=O)N1CCC[C@H]1c1ncc(-c2cc(F)c3c(c2)OC(c2ccc4c(c2)OCCC4C)n2c-3cc3cc(-c4cnc([C@@H]5CCCN5C(=O)C(NC(=O)OC)C(C)C)[nH]4)ccc32)[nH]1)C(C)C. The number of carbonyl (C=O) groups excluding carboxylic acids is 4. The van der Waals surface area contributed by atoms with Crippen molar-refractivity contribution in [1.29, 1.82) is 0 Å². The molecule has 71 heavy (non-hydrogen) atoms. The van der Waals surface area contributed by atoms with Crippen LogP contribution in [-0.2, 0) is 19.1 Å². The van der Waals surface area contributed by atoms with Crippen molar-refractivity contribution in [3.63, 3.8) is 0 Å². The Labute approximate surface area is 410 Å². The molecule has 4 aliphatic rings. The molecule has 7 heterocycles. The van der Waals surface area contributed by atoms with E-state index in [1.165, 1.54) is 20.3 Å². The zero-order chi connectivity index (χ0) is 49.8. The Morgan fingerprint density at radius 3 is 1.94 bits per heavy atom. The van der Waals surface area contributed by atoms with Crippen molar-refractivity contribution < 1.29 is 42.5 Å². The average molecular weight is 970 g/mol. The zero-order valence-corrected chi connectivity index (χ0v) is 41.0. The molecule has 17 nitrogen and oxygen atoms in total. The number of ether oxygens (including phenoxy) is 4. The molecule has 3 aromatic heterocycles. The number of fused-ring (bicyclic) bond motifs is 6. The molecule has 10 rings (SSSR count). The number of aromatic amines is 2. The molecule has 3 aromatic carbocycles. The Bertz CT molecular complexity index is 3030. The van der Waals surface area contributed by atoms with E-state index in [1.54, 1.807) is 22.2 Å². The standard InChI is InChI=1S/C53H60FN9O8/c1-27(2)45(59-52(66)68-6)49(64)61-17-8-10-39(61)47-55-25-36(57-47)30-13-15-38-33(20-30)22-41-44-35(54)21-32(24-43(44)71-51(63(38)41)31-12-14-34-29(5)16-19-70-42(34)23-31)37-26-56-48(58-37)40-11-9-18-62(40)50(65)46(28(3)4)60-53(67)69-7/h12-15,20-29,39-40,45-46,51H,8-11,16-19H2,1-7H3,(H,55,57)(H,56,58)(H,59,66)(H,60,67)/t29?,39-,40-,45?,46?,51?/m0/s1. The smallest absolute Gasteiger partial charge is 0.407 e. The fraction of sp³-hybridized carbons (Fsp3) is 0.434. The zero-order valence-electron chi connectivity index (χ0n) is 41.0. The van der Waals surface area contributed by atoms with Gasteiger partial charge in [0.25, 0.3) is 0 Å². The Morgan fingerprint density at radius 2 is 1.35 bits per heavy atom. The third kappa shape index (κ3) is 8.70. The summed E-state index contributed by atoms with van der Waals surface area (Å²) >= 11 is 0. The van der Waals surface area contributed by atoms with Crippen LogP contribution in [0.15, 0.2) is 67.0 Å². The number of likely N-dealkylation sites (tertiary alicyclic amines) is 2. The summed E-state index contributed by atoms with van der Waals surface area (Å²) in [5.41, 5.74) is 6.43. The molecule has 2 saturated heterocycles. The minimum absolute atomic E-state index is 0.159. The predicted octanol–water partition coefficient (Wildman–Crippen LogP) is 9.14. The number of benzene rings is 3. The molecule has 6 aromatic rings. The molecular weight excluding hydrogens is 910 g/mol. The van der Waals surface area contributed by atoms with Crippen molar-refractivity contribution in [2.24, 2.45) is 11.8 Å². The van der Waals surface area contributed by atoms with Gasteiger partial charge in [-0.15, -0.1) is 0 Å². The first-order chi connectivity index (χ1) is 34.2. The third-order valence-electron chi connectivity index (χ3n) is 14.6. The van der Waals surface area contributed by atoms with E-state index >= 15 is 4.39 Å². The van der Waals surface area contributed by atoms with Gasteiger partial charge in [0.15, 0.2) is 0 Å². The highest BCUT2D eigenvalue weighted by atomic mass is 19.1. The fourth-order valence-electron chi connectivity index (χ4n) is 10.7. The van der Waals surface area contributed by atoms with Gasteiger partial charge in [-0.2, -0.15) is 0 Å². The summed E-state index contributed by atoms with van der Waals surface area (Å²) in [6.07, 6.45) is 5.24. The number of hydrogen-bond acceptors (Lipinski definition) is 10. The van der Waals surface area contributed by atoms with E-state index < -0.39 is 36.3 Å². The molecule has 372 valence electrons.